The van der Waals surface area contributed by atoms with E-state index in [9.17, 15) is 14.4 Å². The highest BCUT2D eigenvalue weighted by atomic mass is 16.5. The molecule has 0 spiro atoms. The first-order valence-corrected chi connectivity index (χ1v) is 7.59. The number of amides is 3. The topological polar surface area (TPSA) is 92.9 Å². The number of anilines is 1. The van der Waals surface area contributed by atoms with Crippen LogP contribution in [0.5, 0.6) is 5.75 Å². The first-order valence-electron chi connectivity index (χ1n) is 7.59. The van der Waals surface area contributed by atoms with Crippen molar-refractivity contribution >= 4 is 23.4 Å². The third-order valence-corrected chi connectivity index (χ3v) is 4.48. The second kappa shape index (κ2) is 5.91. The van der Waals surface area contributed by atoms with Crippen LogP contribution in [0.25, 0.3) is 0 Å². The monoisotopic (exact) mass is 317 g/mol. The minimum atomic E-state index is -0.303. The van der Waals surface area contributed by atoms with E-state index >= 15 is 0 Å². The van der Waals surface area contributed by atoms with Crippen molar-refractivity contribution in [3.8, 4) is 5.75 Å². The van der Waals surface area contributed by atoms with Crippen molar-refractivity contribution in [1.82, 2.24) is 4.90 Å². The van der Waals surface area contributed by atoms with Gasteiger partial charge in [-0.25, -0.2) is 0 Å². The first-order chi connectivity index (χ1) is 11.0. The molecule has 1 saturated heterocycles. The van der Waals surface area contributed by atoms with Crippen LogP contribution in [-0.2, 0) is 9.59 Å². The predicted octanol–water partition coefficient (Wildman–Crippen LogP) is 0.379. The number of ether oxygens (including phenoxy) is 1. The summed E-state index contributed by atoms with van der Waals surface area (Å²) in [6.07, 6.45) is 1.18. The maximum Gasteiger partial charge on any atom is 0.264 e. The summed E-state index contributed by atoms with van der Waals surface area (Å²) < 4.78 is 5.36. The lowest BCUT2D eigenvalue weighted by Crippen LogP contribution is -2.42. The minimum absolute atomic E-state index is 0.0113. The van der Waals surface area contributed by atoms with Crippen molar-refractivity contribution in [2.45, 2.75) is 12.8 Å². The molecule has 122 valence electrons. The van der Waals surface area contributed by atoms with E-state index < -0.39 is 0 Å². The smallest absolute Gasteiger partial charge is 0.264 e. The third kappa shape index (κ3) is 2.86. The summed E-state index contributed by atoms with van der Waals surface area (Å²) in [4.78, 5) is 38.7. The fourth-order valence-electron chi connectivity index (χ4n) is 2.95. The van der Waals surface area contributed by atoms with Crippen LogP contribution in [0.3, 0.4) is 0 Å². The van der Waals surface area contributed by atoms with Gasteiger partial charge in [-0.2, -0.15) is 0 Å². The maximum atomic E-state index is 12.6. The second-order valence-electron chi connectivity index (χ2n) is 5.89. The molecule has 0 unspecified atom stereocenters. The Balaban J connectivity index is 1.76. The van der Waals surface area contributed by atoms with Gasteiger partial charge >= 0.3 is 0 Å². The highest BCUT2D eigenvalue weighted by Gasteiger charge is 2.28. The fourth-order valence-corrected chi connectivity index (χ4v) is 2.95. The van der Waals surface area contributed by atoms with Gasteiger partial charge in [-0.05, 0) is 31.0 Å². The summed E-state index contributed by atoms with van der Waals surface area (Å²) in [6, 6.07) is 5.08. The number of piperidine rings is 1. The highest BCUT2D eigenvalue weighted by molar-refractivity contribution is 6.01. The SMILES string of the molecule is CN1C(=O)COc2ccc(C(=O)N3CCC(C(N)=O)CC3)cc21. The molecule has 1 fully saturated rings. The molecule has 0 radical (unpaired) electrons. The fraction of sp³-hybridized carbons (Fsp3) is 0.438. The molecule has 1 aromatic carbocycles. The number of rotatable bonds is 2. The predicted molar refractivity (Wildman–Crippen MR) is 83.2 cm³/mol. The summed E-state index contributed by atoms with van der Waals surface area (Å²) in [6.45, 7) is 1.03. The molecule has 7 nitrogen and oxygen atoms in total. The Kier molecular flexibility index (Phi) is 3.94. The van der Waals surface area contributed by atoms with Gasteiger partial charge in [0.25, 0.3) is 11.8 Å². The molecule has 2 aliphatic rings. The Morgan fingerprint density at radius 3 is 2.61 bits per heavy atom. The number of carbonyl (C=O) groups excluding carboxylic acids is 3. The van der Waals surface area contributed by atoms with Crippen LogP contribution in [0.1, 0.15) is 23.2 Å². The molecule has 0 saturated carbocycles. The number of benzene rings is 1. The van der Waals surface area contributed by atoms with E-state index in [-0.39, 0.29) is 30.2 Å². The van der Waals surface area contributed by atoms with E-state index in [1.54, 1.807) is 30.1 Å². The van der Waals surface area contributed by atoms with Gasteiger partial charge < -0.3 is 20.3 Å². The van der Waals surface area contributed by atoms with Crippen LogP contribution in [-0.4, -0.2) is 49.4 Å². The van der Waals surface area contributed by atoms with Crippen molar-refractivity contribution < 1.29 is 19.1 Å². The summed E-state index contributed by atoms with van der Waals surface area (Å²) in [7, 11) is 1.66. The van der Waals surface area contributed by atoms with Gasteiger partial charge in [-0.1, -0.05) is 0 Å². The van der Waals surface area contributed by atoms with E-state index in [1.807, 2.05) is 0 Å². The van der Waals surface area contributed by atoms with Gasteiger partial charge in [0.1, 0.15) is 5.75 Å². The molecule has 3 amide bonds. The van der Waals surface area contributed by atoms with Gasteiger partial charge in [-0.3, -0.25) is 14.4 Å². The molecule has 2 heterocycles. The van der Waals surface area contributed by atoms with E-state index in [0.29, 0.717) is 42.9 Å². The average molecular weight is 317 g/mol. The molecule has 1 aromatic rings. The number of carbonyl (C=O) groups is 3. The van der Waals surface area contributed by atoms with E-state index in [1.165, 1.54) is 4.90 Å². The van der Waals surface area contributed by atoms with Crippen LogP contribution in [0.4, 0.5) is 5.69 Å². The molecule has 2 aliphatic heterocycles. The largest absolute Gasteiger partial charge is 0.482 e. The lowest BCUT2D eigenvalue weighted by atomic mass is 9.96. The Labute approximate surface area is 134 Å². The molecule has 0 aliphatic carbocycles. The Hall–Kier alpha value is -2.57. The van der Waals surface area contributed by atoms with Crippen molar-refractivity contribution in [3.63, 3.8) is 0 Å². The van der Waals surface area contributed by atoms with Gasteiger partial charge in [0.05, 0.1) is 5.69 Å². The molecular formula is C16H19N3O4. The summed E-state index contributed by atoms with van der Waals surface area (Å²) in [5.41, 5.74) is 6.41. The molecule has 23 heavy (non-hydrogen) atoms. The van der Waals surface area contributed by atoms with Crippen LogP contribution < -0.4 is 15.4 Å². The third-order valence-electron chi connectivity index (χ3n) is 4.48. The van der Waals surface area contributed by atoms with Crippen LogP contribution >= 0.6 is 0 Å². The highest BCUT2D eigenvalue weighted by Crippen LogP contribution is 2.32. The van der Waals surface area contributed by atoms with Crippen molar-refractivity contribution in [2.24, 2.45) is 11.7 Å². The number of hydrogen-bond donors (Lipinski definition) is 1. The lowest BCUT2D eigenvalue weighted by Gasteiger charge is -2.31. The van der Waals surface area contributed by atoms with E-state index in [2.05, 4.69) is 0 Å². The van der Waals surface area contributed by atoms with Crippen LogP contribution in [0.2, 0.25) is 0 Å². The number of nitrogens with two attached hydrogens (primary N) is 1. The Bertz CT molecular complexity index is 665. The number of fused-ring (bicyclic) bond motifs is 1. The number of hydrogen-bond acceptors (Lipinski definition) is 4. The number of nitrogens with zero attached hydrogens (tertiary/aromatic N) is 2. The molecule has 7 heteroatoms. The molecule has 0 bridgehead atoms. The average Bonchev–Trinajstić information content (AvgIpc) is 2.57. The second-order valence-corrected chi connectivity index (χ2v) is 5.89. The Morgan fingerprint density at radius 2 is 1.96 bits per heavy atom. The van der Waals surface area contributed by atoms with Gasteiger partial charge in [-0.15, -0.1) is 0 Å². The van der Waals surface area contributed by atoms with Crippen LogP contribution in [0.15, 0.2) is 18.2 Å². The summed E-state index contributed by atoms with van der Waals surface area (Å²) in [5, 5.41) is 0. The first kappa shape index (κ1) is 15.3. The molecule has 0 atom stereocenters. The van der Waals surface area contributed by atoms with E-state index in [4.69, 9.17) is 10.5 Å². The van der Waals surface area contributed by atoms with E-state index in [0.717, 1.165) is 0 Å². The molecule has 0 aromatic heterocycles. The normalized spacial score (nSPS) is 18.4. The van der Waals surface area contributed by atoms with Gasteiger partial charge in [0.2, 0.25) is 5.91 Å². The standard InChI is InChI=1S/C16H19N3O4/c1-18-12-8-11(2-3-13(12)23-9-14(18)20)16(22)19-6-4-10(5-7-19)15(17)21/h2-3,8,10H,4-7,9H2,1H3,(H2,17,21). The van der Waals surface area contributed by atoms with Gasteiger partial charge in [0.15, 0.2) is 6.61 Å². The minimum Gasteiger partial charge on any atom is -0.482 e. The zero-order valence-electron chi connectivity index (χ0n) is 12.9. The lowest BCUT2D eigenvalue weighted by molar-refractivity contribution is -0.123. The maximum absolute atomic E-state index is 12.6. The van der Waals surface area contributed by atoms with Crippen molar-refractivity contribution in [1.29, 1.82) is 0 Å². The summed E-state index contributed by atoms with van der Waals surface area (Å²) >= 11 is 0. The molecular weight excluding hydrogens is 298 g/mol. The molecule has 3 rings (SSSR count). The number of likely N-dealkylation sites (tertiary alicyclic amines) is 1. The number of primary amides is 1. The van der Waals surface area contributed by atoms with Crippen molar-refractivity contribution in [2.75, 3.05) is 31.6 Å². The zero-order valence-corrected chi connectivity index (χ0v) is 12.9. The van der Waals surface area contributed by atoms with Crippen molar-refractivity contribution in [3.05, 3.63) is 23.8 Å². The zero-order chi connectivity index (χ0) is 16.6. The van der Waals surface area contributed by atoms with Crippen LogP contribution in [0, 0.1) is 5.92 Å². The molecule has 2 N–H and O–H groups in total. The van der Waals surface area contributed by atoms with Gasteiger partial charge in [0, 0.05) is 31.6 Å². The number of likely N-dealkylation sites (N-methyl/N-ethyl adjacent to an activating group) is 1. The summed E-state index contributed by atoms with van der Waals surface area (Å²) in [5.74, 6) is -0.120. The quantitative estimate of drug-likeness (QED) is 0.853. The Morgan fingerprint density at radius 1 is 1.26 bits per heavy atom.